The molecule has 0 aliphatic heterocycles. The van der Waals surface area contributed by atoms with Crippen molar-refractivity contribution >= 4 is 51.4 Å². The van der Waals surface area contributed by atoms with Crippen molar-refractivity contribution in [2.24, 2.45) is 5.92 Å². The van der Waals surface area contributed by atoms with Crippen molar-refractivity contribution in [2.45, 2.75) is 46.1 Å². The number of rotatable bonds is 6. The monoisotopic (exact) mass is 452 g/mol. The molecule has 0 fully saturated rings. The van der Waals surface area contributed by atoms with Crippen LogP contribution in [0, 0.1) is 11.7 Å². The quantitative estimate of drug-likeness (QED) is 0.616. The number of ether oxygens (including phenoxy) is 1. The Hall–Kier alpha value is -2.45. The third-order valence-electron chi connectivity index (χ3n) is 4.73. The van der Waals surface area contributed by atoms with Crippen molar-refractivity contribution in [1.82, 2.24) is 0 Å². The third-order valence-corrected chi connectivity index (χ3v) is 6.25. The molecule has 0 unspecified atom stereocenters. The van der Waals surface area contributed by atoms with E-state index in [1.807, 2.05) is 0 Å². The summed E-state index contributed by atoms with van der Waals surface area (Å²) in [6.45, 7) is 4.97. The second-order valence-corrected chi connectivity index (χ2v) is 8.88. The van der Waals surface area contributed by atoms with Crippen LogP contribution < -0.4 is 10.6 Å². The molecule has 160 valence electrons. The van der Waals surface area contributed by atoms with Gasteiger partial charge in [-0.3, -0.25) is 9.59 Å². The summed E-state index contributed by atoms with van der Waals surface area (Å²) >= 11 is 7.30. The van der Waals surface area contributed by atoms with Gasteiger partial charge in [0.15, 0.2) is 6.10 Å². The number of nitrogens with one attached hydrogen (secondary N) is 2. The van der Waals surface area contributed by atoms with E-state index in [4.69, 9.17) is 16.3 Å². The normalized spacial score (nSPS) is 13.7. The minimum absolute atomic E-state index is 0.0382. The molecule has 6 nitrogen and oxygen atoms in total. The summed E-state index contributed by atoms with van der Waals surface area (Å²) in [7, 11) is 0. The van der Waals surface area contributed by atoms with Gasteiger partial charge in [-0.2, -0.15) is 0 Å². The van der Waals surface area contributed by atoms with E-state index < -0.39 is 23.8 Å². The van der Waals surface area contributed by atoms with E-state index in [9.17, 15) is 18.8 Å². The van der Waals surface area contributed by atoms with Crippen molar-refractivity contribution in [3.05, 3.63) is 45.0 Å². The van der Waals surface area contributed by atoms with Crippen LogP contribution >= 0.6 is 22.9 Å². The molecule has 2 amide bonds. The number of carbonyl (C=O) groups excluding carboxylic acids is 3. The third kappa shape index (κ3) is 4.82. The molecule has 9 heteroatoms. The average molecular weight is 453 g/mol. The number of carbonyl (C=O) groups is 3. The van der Waals surface area contributed by atoms with Gasteiger partial charge in [0.2, 0.25) is 5.91 Å². The van der Waals surface area contributed by atoms with Crippen LogP contribution in [0.4, 0.5) is 15.1 Å². The van der Waals surface area contributed by atoms with Gasteiger partial charge in [0.05, 0.1) is 16.3 Å². The van der Waals surface area contributed by atoms with E-state index in [1.54, 1.807) is 13.8 Å². The molecule has 1 aliphatic carbocycles. The SMILES string of the molecule is CC(C)C(=O)Nc1sc2c(c1C(=O)O[C@@H](C)C(=O)Nc1ccc(F)cc1Cl)CCC2. The van der Waals surface area contributed by atoms with E-state index in [1.165, 1.54) is 24.3 Å². The van der Waals surface area contributed by atoms with Crippen molar-refractivity contribution in [1.29, 1.82) is 0 Å². The van der Waals surface area contributed by atoms with Gasteiger partial charge in [-0.1, -0.05) is 25.4 Å². The number of hydrogen-bond donors (Lipinski definition) is 2. The van der Waals surface area contributed by atoms with Gasteiger partial charge >= 0.3 is 5.97 Å². The molecule has 30 heavy (non-hydrogen) atoms. The minimum Gasteiger partial charge on any atom is -0.449 e. The predicted molar refractivity (Wildman–Crippen MR) is 115 cm³/mol. The smallest absolute Gasteiger partial charge is 0.342 e. The standard InChI is InChI=1S/C21H22ClFN2O4S/c1-10(2)18(26)25-20-17(13-5-4-6-16(13)30-20)21(28)29-11(3)19(27)24-15-8-7-12(23)9-14(15)22/h7-11H,4-6H2,1-3H3,(H,24,27)(H,25,26)/t11-/m0/s1. The van der Waals surface area contributed by atoms with Gasteiger partial charge in [0, 0.05) is 10.8 Å². The zero-order valence-corrected chi connectivity index (χ0v) is 18.4. The van der Waals surface area contributed by atoms with Gasteiger partial charge in [-0.25, -0.2) is 9.18 Å². The number of hydrogen-bond acceptors (Lipinski definition) is 5. The first-order valence-corrected chi connectivity index (χ1v) is 10.8. The van der Waals surface area contributed by atoms with Crippen LogP contribution in [0.15, 0.2) is 18.2 Å². The van der Waals surface area contributed by atoms with Crippen molar-refractivity contribution in [3.8, 4) is 0 Å². The molecule has 3 rings (SSSR count). The molecule has 2 aromatic rings. The summed E-state index contributed by atoms with van der Waals surface area (Å²) in [5.41, 5.74) is 1.41. The zero-order chi connectivity index (χ0) is 22.0. The highest BCUT2D eigenvalue weighted by Crippen LogP contribution is 2.40. The van der Waals surface area contributed by atoms with Crippen molar-refractivity contribution in [2.75, 3.05) is 10.6 Å². The molecule has 2 N–H and O–H groups in total. The highest BCUT2D eigenvalue weighted by molar-refractivity contribution is 7.17. The topological polar surface area (TPSA) is 84.5 Å². The molecular formula is C21H22ClFN2O4S. The van der Waals surface area contributed by atoms with Gasteiger partial charge in [0.1, 0.15) is 10.8 Å². The fourth-order valence-corrected chi connectivity index (χ4v) is 4.56. The second kappa shape index (κ2) is 9.14. The van der Waals surface area contributed by atoms with Crippen LogP contribution in [0.1, 0.15) is 48.0 Å². The van der Waals surface area contributed by atoms with Crippen LogP contribution in [0.2, 0.25) is 5.02 Å². The van der Waals surface area contributed by atoms with E-state index in [0.717, 1.165) is 41.8 Å². The Kier molecular flexibility index (Phi) is 6.77. The summed E-state index contributed by atoms with van der Waals surface area (Å²) in [5.74, 6) is -2.23. The van der Waals surface area contributed by atoms with Crippen molar-refractivity contribution < 1.29 is 23.5 Å². The van der Waals surface area contributed by atoms with Crippen LogP contribution in [0.3, 0.4) is 0 Å². The lowest BCUT2D eigenvalue weighted by Crippen LogP contribution is -2.30. The van der Waals surface area contributed by atoms with Crippen LogP contribution in [-0.2, 0) is 27.2 Å². The number of halogens is 2. The maximum Gasteiger partial charge on any atom is 0.342 e. The van der Waals surface area contributed by atoms with Crippen LogP contribution in [0.25, 0.3) is 0 Å². The number of fused-ring (bicyclic) bond motifs is 1. The van der Waals surface area contributed by atoms with E-state index in [0.29, 0.717) is 10.6 Å². The van der Waals surface area contributed by atoms with Crippen LogP contribution in [0.5, 0.6) is 0 Å². The molecule has 1 atom stereocenters. The summed E-state index contributed by atoms with van der Waals surface area (Å²) < 4.78 is 18.6. The van der Waals surface area contributed by atoms with E-state index in [-0.39, 0.29) is 22.5 Å². The molecule has 0 saturated carbocycles. The number of thiophene rings is 1. The van der Waals surface area contributed by atoms with E-state index in [2.05, 4.69) is 10.6 Å². The molecule has 0 radical (unpaired) electrons. The molecule has 1 aromatic carbocycles. The first-order valence-electron chi connectivity index (χ1n) is 9.59. The lowest BCUT2D eigenvalue weighted by molar-refractivity contribution is -0.123. The number of anilines is 2. The number of benzene rings is 1. The van der Waals surface area contributed by atoms with Gasteiger partial charge in [-0.05, 0) is 49.9 Å². The van der Waals surface area contributed by atoms with Crippen molar-refractivity contribution in [3.63, 3.8) is 0 Å². The lowest BCUT2D eigenvalue weighted by atomic mass is 10.1. The zero-order valence-electron chi connectivity index (χ0n) is 16.8. The van der Waals surface area contributed by atoms with Gasteiger partial charge in [0.25, 0.3) is 5.91 Å². The predicted octanol–water partition coefficient (Wildman–Crippen LogP) is 4.81. The molecule has 1 heterocycles. The maximum absolute atomic E-state index is 13.2. The Balaban J connectivity index is 1.75. The molecule has 1 aliphatic rings. The average Bonchev–Trinajstić information content (AvgIpc) is 3.24. The number of amides is 2. The summed E-state index contributed by atoms with van der Waals surface area (Å²) in [6, 6.07) is 3.57. The minimum atomic E-state index is -1.12. The summed E-state index contributed by atoms with van der Waals surface area (Å²) in [5, 5.41) is 5.81. The van der Waals surface area contributed by atoms with Crippen LogP contribution in [-0.4, -0.2) is 23.9 Å². The Morgan fingerprint density at radius 1 is 1.13 bits per heavy atom. The Morgan fingerprint density at radius 3 is 2.53 bits per heavy atom. The Bertz CT molecular complexity index is 1010. The number of esters is 1. The first kappa shape index (κ1) is 22.2. The number of aryl methyl sites for hydroxylation is 1. The van der Waals surface area contributed by atoms with E-state index >= 15 is 0 Å². The molecule has 0 bridgehead atoms. The summed E-state index contributed by atoms with van der Waals surface area (Å²) in [6.07, 6.45) is 1.37. The highest BCUT2D eigenvalue weighted by Gasteiger charge is 2.30. The first-order chi connectivity index (χ1) is 14.2. The molecule has 0 saturated heterocycles. The fraction of sp³-hybridized carbons (Fsp3) is 0.381. The fourth-order valence-electron chi connectivity index (χ4n) is 3.06. The maximum atomic E-state index is 13.2. The molecule has 0 spiro atoms. The lowest BCUT2D eigenvalue weighted by Gasteiger charge is -2.15. The molecular weight excluding hydrogens is 431 g/mol. The summed E-state index contributed by atoms with van der Waals surface area (Å²) in [4.78, 5) is 38.5. The Labute approximate surface area is 182 Å². The highest BCUT2D eigenvalue weighted by atomic mass is 35.5. The second-order valence-electron chi connectivity index (χ2n) is 7.37. The largest absolute Gasteiger partial charge is 0.449 e. The van der Waals surface area contributed by atoms with Gasteiger partial charge < -0.3 is 15.4 Å². The molecule has 1 aromatic heterocycles. The Morgan fingerprint density at radius 2 is 1.87 bits per heavy atom. The van der Waals surface area contributed by atoms with Gasteiger partial charge in [-0.15, -0.1) is 11.3 Å².